The van der Waals surface area contributed by atoms with Crippen molar-refractivity contribution in [2.24, 2.45) is 0 Å². The molecule has 0 fully saturated rings. The van der Waals surface area contributed by atoms with Crippen molar-refractivity contribution in [3.63, 3.8) is 0 Å². The van der Waals surface area contributed by atoms with E-state index < -0.39 is 5.76 Å². The number of para-hydroxylation sites is 1. The van der Waals surface area contributed by atoms with Gasteiger partial charge in [-0.2, -0.15) is 0 Å². The van der Waals surface area contributed by atoms with E-state index in [1.807, 2.05) is 19.1 Å². The van der Waals surface area contributed by atoms with E-state index in [9.17, 15) is 14.4 Å². The van der Waals surface area contributed by atoms with Gasteiger partial charge in [-0.25, -0.2) is 4.79 Å². The maximum Gasteiger partial charge on any atom is 0.417 e. The number of carbonyl (C=O) groups excluding carboxylic acids is 2. The topological polar surface area (TPSA) is 92.2 Å². The molecular formula is C18H16N2O4. The molecule has 1 amide bonds. The number of aryl methyl sites for hydroxylation is 1. The first-order chi connectivity index (χ1) is 11.5. The number of hydrogen-bond acceptors (Lipinski definition) is 4. The van der Waals surface area contributed by atoms with E-state index in [0.717, 1.165) is 5.56 Å². The van der Waals surface area contributed by atoms with Crippen molar-refractivity contribution in [3.05, 3.63) is 64.1 Å². The number of oxazole rings is 1. The first-order valence-corrected chi connectivity index (χ1v) is 7.54. The molecule has 0 radical (unpaired) electrons. The Morgan fingerprint density at radius 3 is 2.58 bits per heavy atom. The Morgan fingerprint density at radius 2 is 1.83 bits per heavy atom. The monoisotopic (exact) mass is 324 g/mol. The van der Waals surface area contributed by atoms with Gasteiger partial charge in [-0.05, 0) is 19.1 Å². The van der Waals surface area contributed by atoms with Gasteiger partial charge in [0, 0.05) is 18.4 Å². The number of ketones is 1. The minimum absolute atomic E-state index is 0.0607. The minimum Gasteiger partial charge on any atom is -0.408 e. The van der Waals surface area contributed by atoms with Crippen LogP contribution in [0.3, 0.4) is 0 Å². The number of fused-ring (bicyclic) bond motifs is 1. The van der Waals surface area contributed by atoms with Gasteiger partial charge in [0.1, 0.15) is 5.52 Å². The Morgan fingerprint density at radius 1 is 1.08 bits per heavy atom. The zero-order valence-corrected chi connectivity index (χ0v) is 13.1. The number of amides is 1. The lowest BCUT2D eigenvalue weighted by atomic mass is 10.0. The summed E-state index contributed by atoms with van der Waals surface area (Å²) >= 11 is 0. The second-order valence-electron chi connectivity index (χ2n) is 5.53. The molecule has 0 saturated heterocycles. The fourth-order valence-corrected chi connectivity index (χ4v) is 2.40. The summed E-state index contributed by atoms with van der Waals surface area (Å²) < 4.78 is 4.94. The maximum atomic E-state index is 12.1. The zero-order chi connectivity index (χ0) is 17.1. The molecule has 0 bridgehead atoms. The summed E-state index contributed by atoms with van der Waals surface area (Å²) in [7, 11) is 0. The molecule has 0 unspecified atom stereocenters. The molecule has 0 saturated carbocycles. The van der Waals surface area contributed by atoms with Crippen LogP contribution in [0.25, 0.3) is 11.1 Å². The number of benzene rings is 2. The van der Waals surface area contributed by atoms with E-state index >= 15 is 0 Å². The first kappa shape index (κ1) is 15.7. The molecule has 0 aliphatic heterocycles. The molecule has 0 spiro atoms. The Hall–Kier alpha value is -3.15. The molecule has 0 atom stereocenters. The molecule has 1 aromatic heterocycles. The molecule has 0 aliphatic rings. The van der Waals surface area contributed by atoms with Gasteiger partial charge in [-0.15, -0.1) is 0 Å². The number of nitrogens with one attached hydrogen (secondary N) is 2. The van der Waals surface area contributed by atoms with Crippen molar-refractivity contribution < 1.29 is 14.0 Å². The van der Waals surface area contributed by atoms with E-state index in [-0.39, 0.29) is 24.5 Å². The van der Waals surface area contributed by atoms with Crippen LogP contribution in [0, 0.1) is 6.92 Å². The quantitative estimate of drug-likeness (QED) is 0.706. The standard InChI is InChI=1S/C18H16N2O4/c1-11-5-7-12(8-6-11)14(21)9-10-16(22)19-13-3-2-4-15-17(13)20-18(23)24-15/h2-8H,9-10H2,1H3,(H,19,22)(H,20,23). The SMILES string of the molecule is Cc1ccc(C(=O)CCC(=O)Nc2cccc3oc(=O)[nH]c23)cc1. The largest absolute Gasteiger partial charge is 0.417 e. The lowest BCUT2D eigenvalue weighted by Crippen LogP contribution is -2.14. The molecule has 0 aliphatic carbocycles. The molecular weight excluding hydrogens is 308 g/mol. The van der Waals surface area contributed by atoms with E-state index in [1.165, 1.54) is 0 Å². The Labute approximate surface area is 137 Å². The Kier molecular flexibility index (Phi) is 4.29. The van der Waals surface area contributed by atoms with Gasteiger partial charge in [0.15, 0.2) is 11.4 Å². The predicted molar refractivity (Wildman–Crippen MR) is 90.2 cm³/mol. The minimum atomic E-state index is -0.582. The van der Waals surface area contributed by atoms with Crippen LogP contribution in [0.15, 0.2) is 51.7 Å². The summed E-state index contributed by atoms with van der Waals surface area (Å²) in [6, 6.07) is 12.2. The second kappa shape index (κ2) is 6.54. The highest BCUT2D eigenvalue weighted by molar-refractivity contribution is 6.02. The van der Waals surface area contributed by atoms with Crippen molar-refractivity contribution in [2.75, 3.05) is 5.32 Å². The van der Waals surface area contributed by atoms with Gasteiger partial charge in [0.2, 0.25) is 5.91 Å². The highest BCUT2D eigenvalue weighted by atomic mass is 16.4. The molecule has 122 valence electrons. The molecule has 3 rings (SSSR count). The van der Waals surface area contributed by atoms with Crippen molar-refractivity contribution in [1.82, 2.24) is 4.98 Å². The molecule has 2 aromatic carbocycles. The number of anilines is 1. The van der Waals surface area contributed by atoms with Crippen LogP contribution >= 0.6 is 0 Å². The van der Waals surface area contributed by atoms with Crippen LogP contribution in [-0.2, 0) is 4.79 Å². The van der Waals surface area contributed by atoms with Crippen molar-refractivity contribution in [1.29, 1.82) is 0 Å². The third kappa shape index (κ3) is 3.43. The van der Waals surface area contributed by atoms with Crippen LogP contribution < -0.4 is 11.1 Å². The number of aromatic amines is 1. The van der Waals surface area contributed by atoms with E-state index in [1.54, 1.807) is 30.3 Å². The van der Waals surface area contributed by atoms with E-state index in [0.29, 0.717) is 22.4 Å². The average Bonchev–Trinajstić information content (AvgIpc) is 2.95. The lowest BCUT2D eigenvalue weighted by Gasteiger charge is -2.06. The second-order valence-corrected chi connectivity index (χ2v) is 5.53. The van der Waals surface area contributed by atoms with Crippen LogP contribution in [0.5, 0.6) is 0 Å². The van der Waals surface area contributed by atoms with E-state index in [2.05, 4.69) is 10.3 Å². The fraction of sp³-hybridized carbons (Fsp3) is 0.167. The van der Waals surface area contributed by atoms with Crippen molar-refractivity contribution >= 4 is 28.5 Å². The van der Waals surface area contributed by atoms with E-state index in [4.69, 9.17) is 4.42 Å². The number of H-pyrrole nitrogens is 1. The lowest BCUT2D eigenvalue weighted by molar-refractivity contribution is -0.116. The number of Topliss-reactive ketones (excluding diaryl/α,β-unsaturated/α-hetero) is 1. The third-order valence-electron chi connectivity index (χ3n) is 3.68. The maximum absolute atomic E-state index is 12.1. The number of rotatable bonds is 5. The van der Waals surface area contributed by atoms with Gasteiger partial charge in [-0.3, -0.25) is 14.6 Å². The van der Waals surface area contributed by atoms with Crippen LogP contribution in [-0.4, -0.2) is 16.7 Å². The Balaban J connectivity index is 1.64. The molecule has 3 aromatic rings. The summed E-state index contributed by atoms with van der Waals surface area (Å²) in [5, 5.41) is 2.69. The zero-order valence-electron chi connectivity index (χ0n) is 13.1. The predicted octanol–water partition coefficient (Wildman–Crippen LogP) is 3.03. The summed E-state index contributed by atoms with van der Waals surface area (Å²) in [6.45, 7) is 1.95. The fourth-order valence-electron chi connectivity index (χ4n) is 2.40. The van der Waals surface area contributed by atoms with Gasteiger partial charge in [0.25, 0.3) is 0 Å². The molecule has 2 N–H and O–H groups in total. The third-order valence-corrected chi connectivity index (χ3v) is 3.68. The van der Waals surface area contributed by atoms with Gasteiger partial charge >= 0.3 is 5.76 Å². The average molecular weight is 324 g/mol. The Bertz CT molecular complexity index is 951. The summed E-state index contributed by atoms with van der Waals surface area (Å²) in [6.07, 6.45) is 0.179. The molecule has 6 nitrogen and oxygen atoms in total. The van der Waals surface area contributed by atoms with Gasteiger partial charge in [0.05, 0.1) is 5.69 Å². The van der Waals surface area contributed by atoms with Gasteiger partial charge in [-0.1, -0.05) is 35.9 Å². The number of aromatic nitrogens is 1. The van der Waals surface area contributed by atoms with Crippen molar-refractivity contribution in [3.8, 4) is 0 Å². The summed E-state index contributed by atoms with van der Waals surface area (Å²) in [4.78, 5) is 37.9. The van der Waals surface area contributed by atoms with Crippen LogP contribution in [0.1, 0.15) is 28.8 Å². The van der Waals surface area contributed by atoms with Crippen LogP contribution in [0.4, 0.5) is 5.69 Å². The molecule has 6 heteroatoms. The highest BCUT2D eigenvalue weighted by Gasteiger charge is 2.12. The van der Waals surface area contributed by atoms with Crippen molar-refractivity contribution in [2.45, 2.75) is 19.8 Å². The normalized spacial score (nSPS) is 10.7. The smallest absolute Gasteiger partial charge is 0.408 e. The molecule has 1 heterocycles. The first-order valence-electron chi connectivity index (χ1n) is 7.54. The van der Waals surface area contributed by atoms with Gasteiger partial charge < -0.3 is 9.73 Å². The van der Waals surface area contributed by atoms with Crippen LogP contribution in [0.2, 0.25) is 0 Å². The summed E-state index contributed by atoms with van der Waals surface area (Å²) in [5.74, 6) is -0.966. The number of hydrogen-bond donors (Lipinski definition) is 2. The number of carbonyl (C=O) groups is 2. The molecule has 24 heavy (non-hydrogen) atoms. The highest BCUT2D eigenvalue weighted by Crippen LogP contribution is 2.20. The summed E-state index contributed by atoms with van der Waals surface area (Å²) in [5.41, 5.74) is 2.92.